The maximum atomic E-state index is 12.2. The molecule has 3 aromatic rings. The lowest BCUT2D eigenvalue weighted by molar-refractivity contribution is -0.120. The Morgan fingerprint density at radius 3 is 2.80 bits per heavy atom. The molecule has 1 amide bonds. The van der Waals surface area contributed by atoms with Gasteiger partial charge >= 0.3 is 0 Å². The van der Waals surface area contributed by atoms with E-state index in [0.717, 1.165) is 16.7 Å². The molecule has 6 nitrogen and oxygen atoms in total. The Labute approximate surface area is 179 Å². The van der Waals surface area contributed by atoms with E-state index < -0.39 is 0 Å². The molecule has 0 aliphatic carbocycles. The first kappa shape index (κ1) is 19.8. The van der Waals surface area contributed by atoms with Crippen molar-refractivity contribution in [2.45, 2.75) is 13.0 Å². The first-order valence-electron chi connectivity index (χ1n) is 9.34. The first-order chi connectivity index (χ1) is 14.7. The number of hydrazone groups is 1. The van der Waals surface area contributed by atoms with Gasteiger partial charge in [-0.25, -0.2) is 5.43 Å². The maximum absolute atomic E-state index is 12.2. The van der Waals surface area contributed by atoms with Crippen molar-refractivity contribution in [2.24, 2.45) is 5.10 Å². The van der Waals surface area contributed by atoms with Crippen molar-refractivity contribution >= 4 is 23.7 Å². The smallest absolute Gasteiger partial charge is 0.244 e. The third-order valence-corrected chi connectivity index (χ3v) is 4.63. The van der Waals surface area contributed by atoms with Gasteiger partial charge in [-0.15, -0.1) is 0 Å². The molecule has 0 aromatic heterocycles. The summed E-state index contributed by atoms with van der Waals surface area (Å²) in [6.07, 6.45) is 1.74. The van der Waals surface area contributed by atoms with Crippen LogP contribution in [0, 0.1) is 0 Å². The number of benzene rings is 3. The van der Waals surface area contributed by atoms with Crippen LogP contribution in [0.1, 0.15) is 16.7 Å². The van der Waals surface area contributed by atoms with Gasteiger partial charge in [-0.1, -0.05) is 41.9 Å². The van der Waals surface area contributed by atoms with E-state index in [9.17, 15) is 4.79 Å². The van der Waals surface area contributed by atoms with Gasteiger partial charge in [0.15, 0.2) is 11.5 Å². The van der Waals surface area contributed by atoms with Gasteiger partial charge in [-0.05, 0) is 47.5 Å². The monoisotopic (exact) mass is 422 g/mol. The summed E-state index contributed by atoms with van der Waals surface area (Å²) in [5.41, 5.74) is 5.07. The highest BCUT2D eigenvalue weighted by Gasteiger charge is 2.14. The lowest BCUT2D eigenvalue weighted by Gasteiger charge is -2.09. The fourth-order valence-electron chi connectivity index (χ4n) is 2.96. The van der Waals surface area contributed by atoms with Gasteiger partial charge in [-0.2, -0.15) is 5.10 Å². The normalized spacial score (nSPS) is 12.2. The van der Waals surface area contributed by atoms with Crippen LogP contribution in [0.15, 0.2) is 71.8 Å². The number of halogens is 1. The molecule has 1 heterocycles. The van der Waals surface area contributed by atoms with E-state index in [1.165, 1.54) is 0 Å². The fourth-order valence-corrected chi connectivity index (χ4v) is 3.17. The predicted octanol–water partition coefficient (Wildman–Crippen LogP) is 4.34. The van der Waals surface area contributed by atoms with E-state index in [4.69, 9.17) is 25.8 Å². The standard InChI is InChI=1S/C23H19ClN2O4/c24-19-6-3-4-17(10-19)14-28-20-7-2-1-5-18(20)13-25-26-23(27)12-16-8-9-21-22(11-16)30-15-29-21/h1-11,13H,12,14-15H2,(H,26,27)/b25-13-. The number of nitrogens with zero attached hydrogens (tertiary/aromatic N) is 1. The molecule has 4 rings (SSSR count). The zero-order valence-electron chi connectivity index (χ0n) is 16.0. The average Bonchev–Trinajstić information content (AvgIpc) is 3.21. The van der Waals surface area contributed by atoms with Gasteiger partial charge in [0.1, 0.15) is 12.4 Å². The van der Waals surface area contributed by atoms with Crippen molar-refractivity contribution in [3.05, 3.63) is 88.4 Å². The molecule has 1 aliphatic heterocycles. The Balaban J connectivity index is 1.34. The Kier molecular flexibility index (Phi) is 6.15. The lowest BCUT2D eigenvalue weighted by atomic mass is 10.1. The zero-order chi connectivity index (χ0) is 20.8. The summed E-state index contributed by atoms with van der Waals surface area (Å²) in [7, 11) is 0. The second-order valence-corrected chi connectivity index (χ2v) is 7.05. The second kappa shape index (κ2) is 9.33. The van der Waals surface area contributed by atoms with Crippen LogP contribution in [0.25, 0.3) is 0 Å². The van der Waals surface area contributed by atoms with Crippen LogP contribution in [0.4, 0.5) is 0 Å². The quantitative estimate of drug-likeness (QED) is 0.454. The number of para-hydroxylation sites is 1. The van der Waals surface area contributed by atoms with E-state index >= 15 is 0 Å². The number of amides is 1. The number of ether oxygens (including phenoxy) is 3. The number of hydrogen-bond acceptors (Lipinski definition) is 5. The molecule has 0 unspecified atom stereocenters. The minimum absolute atomic E-state index is 0.181. The van der Waals surface area contributed by atoms with Crippen molar-refractivity contribution < 1.29 is 19.0 Å². The third-order valence-electron chi connectivity index (χ3n) is 4.40. The molecule has 0 spiro atoms. The summed E-state index contributed by atoms with van der Waals surface area (Å²) >= 11 is 6.01. The molecule has 1 aliphatic rings. The van der Waals surface area contributed by atoms with Crippen LogP contribution in [-0.2, 0) is 17.8 Å². The molecule has 0 radical (unpaired) electrons. The molecule has 7 heteroatoms. The largest absolute Gasteiger partial charge is 0.488 e. The third kappa shape index (κ3) is 5.10. The number of hydrogen-bond donors (Lipinski definition) is 1. The number of carbonyl (C=O) groups is 1. The maximum Gasteiger partial charge on any atom is 0.244 e. The predicted molar refractivity (Wildman–Crippen MR) is 114 cm³/mol. The zero-order valence-corrected chi connectivity index (χ0v) is 16.8. The summed E-state index contributed by atoms with van der Waals surface area (Å²) < 4.78 is 16.5. The summed E-state index contributed by atoms with van der Waals surface area (Å²) in [6.45, 7) is 0.579. The molecule has 1 N–H and O–H groups in total. The molecule has 3 aromatic carbocycles. The van der Waals surface area contributed by atoms with Gasteiger partial charge in [0.2, 0.25) is 12.7 Å². The van der Waals surface area contributed by atoms with Gasteiger partial charge in [-0.3, -0.25) is 4.79 Å². The van der Waals surface area contributed by atoms with Gasteiger partial charge in [0, 0.05) is 10.6 Å². The highest BCUT2D eigenvalue weighted by molar-refractivity contribution is 6.30. The number of fused-ring (bicyclic) bond motifs is 1. The van der Waals surface area contributed by atoms with E-state index in [1.54, 1.807) is 18.3 Å². The lowest BCUT2D eigenvalue weighted by Crippen LogP contribution is -2.19. The van der Waals surface area contributed by atoms with Crippen molar-refractivity contribution in [2.75, 3.05) is 6.79 Å². The Morgan fingerprint density at radius 1 is 1.03 bits per heavy atom. The van der Waals surface area contributed by atoms with Crippen LogP contribution in [0.3, 0.4) is 0 Å². The molecule has 152 valence electrons. The minimum Gasteiger partial charge on any atom is -0.488 e. The number of carbonyl (C=O) groups excluding carboxylic acids is 1. The van der Waals surface area contributed by atoms with E-state index in [2.05, 4.69) is 10.5 Å². The summed E-state index contributed by atoms with van der Waals surface area (Å²) in [4.78, 5) is 12.2. The van der Waals surface area contributed by atoms with Crippen LogP contribution in [0.2, 0.25) is 5.02 Å². The summed E-state index contributed by atoms with van der Waals surface area (Å²) in [5.74, 6) is 1.76. The second-order valence-electron chi connectivity index (χ2n) is 6.61. The van der Waals surface area contributed by atoms with Gasteiger partial charge < -0.3 is 14.2 Å². The van der Waals surface area contributed by atoms with Crippen molar-refractivity contribution in [3.63, 3.8) is 0 Å². The van der Waals surface area contributed by atoms with Gasteiger partial charge in [0.25, 0.3) is 0 Å². The molecule has 30 heavy (non-hydrogen) atoms. The summed E-state index contributed by atoms with van der Waals surface area (Å²) in [5, 5.41) is 4.72. The topological polar surface area (TPSA) is 69.2 Å². The molecule has 0 bridgehead atoms. The minimum atomic E-state index is -0.234. The Bertz CT molecular complexity index is 1080. The highest BCUT2D eigenvalue weighted by Crippen LogP contribution is 2.32. The molecular formula is C23H19ClN2O4. The van der Waals surface area contributed by atoms with Gasteiger partial charge in [0.05, 0.1) is 12.6 Å². The Morgan fingerprint density at radius 2 is 1.90 bits per heavy atom. The molecule has 0 saturated heterocycles. The summed E-state index contributed by atoms with van der Waals surface area (Å²) in [6, 6.07) is 20.4. The van der Waals surface area contributed by atoms with Crippen LogP contribution >= 0.6 is 11.6 Å². The molecular weight excluding hydrogens is 404 g/mol. The van der Waals surface area contributed by atoms with Crippen LogP contribution in [-0.4, -0.2) is 18.9 Å². The molecule has 0 atom stereocenters. The highest BCUT2D eigenvalue weighted by atomic mass is 35.5. The molecule has 0 fully saturated rings. The van der Waals surface area contributed by atoms with E-state index in [1.807, 2.05) is 54.6 Å². The van der Waals surface area contributed by atoms with Crippen molar-refractivity contribution in [1.82, 2.24) is 5.43 Å². The van der Waals surface area contributed by atoms with Crippen molar-refractivity contribution in [3.8, 4) is 17.2 Å². The fraction of sp³-hybridized carbons (Fsp3) is 0.130. The van der Waals surface area contributed by atoms with Crippen molar-refractivity contribution in [1.29, 1.82) is 0 Å². The number of nitrogens with one attached hydrogen (secondary N) is 1. The molecule has 0 saturated carbocycles. The Hall–Kier alpha value is -3.51. The number of rotatable bonds is 7. The van der Waals surface area contributed by atoms with Crippen LogP contribution < -0.4 is 19.6 Å². The van der Waals surface area contributed by atoms with E-state index in [-0.39, 0.29) is 19.1 Å². The van der Waals surface area contributed by atoms with Crippen LogP contribution in [0.5, 0.6) is 17.2 Å². The SMILES string of the molecule is O=C(Cc1ccc2c(c1)OCO2)N/N=C\c1ccccc1OCc1cccc(Cl)c1. The average molecular weight is 423 g/mol. The van der Waals surface area contributed by atoms with E-state index in [0.29, 0.717) is 28.9 Å². The first-order valence-corrected chi connectivity index (χ1v) is 9.72.